The minimum atomic E-state index is -0.143. The third kappa shape index (κ3) is 4.15. The van der Waals surface area contributed by atoms with Gasteiger partial charge in [0.1, 0.15) is 0 Å². The number of amides is 1. The van der Waals surface area contributed by atoms with Crippen molar-refractivity contribution in [2.24, 2.45) is 5.92 Å². The monoisotopic (exact) mass is 231 g/mol. The normalized spacial score (nSPS) is 11.6. The van der Waals surface area contributed by atoms with Crippen molar-refractivity contribution >= 4 is 11.6 Å². The van der Waals surface area contributed by atoms with Gasteiger partial charge in [0.05, 0.1) is 18.4 Å². The summed E-state index contributed by atoms with van der Waals surface area (Å²) in [6, 6.07) is 9.35. The van der Waals surface area contributed by atoms with Crippen LogP contribution in [0.5, 0.6) is 0 Å². The summed E-state index contributed by atoms with van der Waals surface area (Å²) in [5.41, 5.74) is 7.19. The molecule has 0 radical (unpaired) electrons. The standard InChI is InChI=1S/C13H17N3O/c1-10(8-14)9-16(2)13(17)7-11-3-5-12(15)6-4-11/h3-6,10H,7,9,15H2,1-2H3. The molecule has 0 bridgehead atoms. The van der Waals surface area contributed by atoms with Crippen LogP contribution >= 0.6 is 0 Å². The molecule has 1 aromatic carbocycles. The molecule has 0 heterocycles. The first-order valence-electron chi connectivity index (χ1n) is 5.51. The van der Waals surface area contributed by atoms with E-state index >= 15 is 0 Å². The summed E-state index contributed by atoms with van der Waals surface area (Å²) in [6.45, 7) is 2.26. The number of hydrogen-bond donors (Lipinski definition) is 1. The fraction of sp³-hybridized carbons (Fsp3) is 0.385. The molecule has 1 unspecified atom stereocenters. The van der Waals surface area contributed by atoms with Gasteiger partial charge in [-0.15, -0.1) is 0 Å². The average molecular weight is 231 g/mol. The number of anilines is 1. The molecule has 0 aliphatic rings. The van der Waals surface area contributed by atoms with E-state index in [9.17, 15) is 4.79 Å². The zero-order valence-electron chi connectivity index (χ0n) is 10.2. The lowest BCUT2D eigenvalue weighted by atomic mass is 10.1. The molecule has 2 N–H and O–H groups in total. The maximum Gasteiger partial charge on any atom is 0.226 e. The van der Waals surface area contributed by atoms with Crippen LogP contribution in [0.25, 0.3) is 0 Å². The van der Waals surface area contributed by atoms with Crippen molar-refractivity contribution < 1.29 is 4.79 Å². The minimum absolute atomic E-state index is 0.0110. The highest BCUT2D eigenvalue weighted by Crippen LogP contribution is 2.08. The van der Waals surface area contributed by atoms with E-state index in [2.05, 4.69) is 6.07 Å². The van der Waals surface area contributed by atoms with Gasteiger partial charge in [-0.2, -0.15) is 5.26 Å². The molecule has 0 aliphatic heterocycles. The summed E-state index contributed by atoms with van der Waals surface area (Å²) in [6.07, 6.45) is 0.342. The maximum absolute atomic E-state index is 11.8. The van der Waals surface area contributed by atoms with E-state index in [1.54, 1.807) is 31.0 Å². The lowest BCUT2D eigenvalue weighted by molar-refractivity contribution is -0.129. The van der Waals surface area contributed by atoms with Gasteiger partial charge >= 0.3 is 0 Å². The molecule has 17 heavy (non-hydrogen) atoms. The molecule has 4 nitrogen and oxygen atoms in total. The highest BCUT2D eigenvalue weighted by molar-refractivity contribution is 5.78. The summed E-state index contributed by atoms with van der Waals surface area (Å²) in [4.78, 5) is 13.4. The van der Waals surface area contributed by atoms with Crippen LogP contribution < -0.4 is 5.73 Å². The fourth-order valence-electron chi connectivity index (χ4n) is 1.50. The number of likely N-dealkylation sites (N-methyl/N-ethyl adjacent to an activating group) is 1. The van der Waals surface area contributed by atoms with E-state index in [1.165, 1.54) is 0 Å². The van der Waals surface area contributed by atoms with Crippen molar-refractivity contribution in [2.75, 3.05) is 19.3 Å². The number of carbonyl (C=O) groups excluding carboxylic acids is 1. The van der Waals surface area contributed by atoms with Gasteiger partial charge in [-0.3, -0.25) is 4.79 Å². The summed E-state index contributed by atoms with van der Waals surface area (Å²) in [5, 5.41) is 8.68. The smallest absolute Gasteiger partial charge is 0.226 e. The SMILES string of the molecule is CC(C#N)CN(C)C(=O)Cc1ccc(N)cc1. The van der Waals surface area contributed by atoms with E-state index in [1.807, 2.05) is 12.1 Å². The van der Waals surface area contributed by atoms with E-state index < -0.39 is 0 Å². The first-order valence-corrected chi connectivity index (χ1v) is 5.51. The van der Waals surface area contributed by atoms with Gasteiger partial charge in [0.15, 0.2) is 0 Å². The third-order valence-corrected chi connectivity index (χ3v) is 2.53. The van der Waals surface area contributed by atoms with Gasteiger partial charge in [0.2, 0.25) is 5.91 Å². The summed E-state index contributed by atoms with van der Waals surface area (Å²) >= 11 is 0. The molecule has 90 valence electrons. The van der Waals surface area contributed by atoms with Gasteiger partial charge in [0, 0.05) is 19.3 Å². The van der Waals surface area contributed by atoms with Crippen molar-refractivity contribution in [1.82, 2.24) is 4.90 Å². The molecule has 0 saturated carbocycles. The third-order valence-electron chi connectivity index (χ3n) is 2.53. The van der Waals surface area contributed by atoms with Gasteiger partial charge in [-0.1, -0.05) is 12.1 Å². The van der Waals surface area contributed by atoms with Crippen LogP contribution in [-0.2, 0) is 11.2 Å². The van der Waals surface area contributed by atoms with Gasteiger partial charge in [-0.25, -0.2) is 0 Å². The Kier molecular flexibility index (Phi) is 4.53. The van der Waals surface area contributed by atoms with Gasteiger partial charge < -0.3 is 10.6 Å². The molecule has 0 fully saturated rings. The quantitative estimate of drug-likeness (QED) is 0.797. The Hall–Kier alpha value is -2.02. The highest BCUT2D eigenvalue weighted by atomic mass is 16.2. The molecular weight excluding hydrogens is 214 g/mol. The second-order valence-electron chi connectivity index (χ2n) is 4.22. The zero-order chi connectivity index (χ0) is 12.8. The average Bonchev–Trinajstić information content (AvgIpc) is 2.31. The Labute approximate surface area is 102 Å². The van der Waals surface area contributed by atoms with Gasteiger partial charge in [-0.05, 0) is 24.6 Å². The van der Waals surface area contributed by atoms with E-state index in [4.69, 9.17) is 11.0 Å². The predicted molar refractivity (Wildman–Crippen MR) is 67.0 cm³/mol. The van der Waals surface area contributed by atoms with E-state index in [0.717, 1.165) is 5.56 Å². The van der Waals surface area contributed by atoms with Crippen LogP contribution in [0, 0.1) is 17.2 Å². The molecule has 1 rings (SSSR count). The number of nitrogen functional groups attached to an aromatic ring is 1. The molecule has 1 atom stereocenters. The Morgan fingerprint density at radius 2 is 2.06 bits per heavy atom. The summed E-state index contributed by atoms with van der Waals surface area (Å²) in [7, 11) is 1.72. The Morgan fingerprint density at radius 1 is 1.47 bits per heavy atom. The number of benzene rings is 1. The second kappa shape index (κ2) is 5.90. The van der Waals surface area contributed by atoms with Crippen molar-refractivity contribution in [3.63, 3.8) is 0 Å². The number of hydrogen-bond acceptors (Lipinski definition) is 3. The van der Waals surface area contributed by atoms with E-state index in [0.29, 0.717) is 18.7 Å². The van der Waals surface area contributed by atoms with E-state index in [-0.39, 0.29) is 11.8 Å². The van der Waals surface area contributed by atoms with Crippen molar-refractivity contribution in [1.29, 1.82) is 5.26 Å². The lowest BCUT2D eigenvalue weighted by Gasteiger charge is -2.18. The minimum Gasteiger partial charge on any atom is -0.399 e. The molecule has 1 amide bonds. The van der Waals surface area contributed by atoms with Crippen LogP contribution in [-0.4, -0.2) is 24.4 Å². The van der Waals surface area contributed by atoms with Crippen LogP contribution in [0.2, 0.25) is 0 Å². The van der Waals surface area contributed by atoms with Crippen LogP contribution in [0.1, 0.15) is 12.5 Å². The summed E-state index contributed by atoms with van der Waals surface area (Å²) in [5.74, 6) is -0.132. The second-order valence-corrected chi connectivity index (χ2v) is 4.22. The van der Waals surface area contributed by atoms with Gasteiger partial charge in [0.25, 0.3) is 0 Å². The lowest BCUT2D eigenvalue weighted by Crippen LogP contribution is -2.31. The Bertz CT molecular complexity index is 419. The van der Waals surface area contributed by atoms with Crippen molar-refractivity contribution in [2.45, 2.75) is 13.3 Å². The first-order chi connectivity index (χ1) is 8.02. The number of nitriles is 1. The number of carbonyl (C=O) groups is 1. The number of rotatable bonds is 4. The Morgan fingerprint density at radius 3 is 2.59 bits per heavy atom. The fourth-order valence-corrected chi connectivity index (χ4v) is 1.50. The summed E-state index contributed by atoms with van der Waals surface area (Å²) < 4.78 is 0. The Balaban J connectivity index is 2.54. The predicted octanol–water partition coefficient (Wildman–Crippen LogP) is 1.43. The number of nitrogens with zero attached hydrogens (tertiary/aromatic N) is 2. The molecule has 0 spiro atoms. The molecular formula is C13H17N3O. The maximum atomic E-state index is 11.8. The molecule has 1 aromatic rings. The molecule has 4 heteroatoms. The highest BCUT2D eigenvalue weighted by Gasteiger charge is 2.12. The molecule has 0 saturated heterocycles. The molecule has 0 aromatic heterocycles. The van der Waals surface area contributed by atoms with Crippen molar-refractivity contribution in [3.05, 3.63) is 29.8 Å². The first kappa shape index (κ1) is 13.0. The zero-order valence-corrected chi connectivity index (χ0v) is 10.2. The number of nitrogens with two attached hydrogens (primary N) is 1. The topological polar surface area (TPSA) is 70.1 Å². The molecule has 0 aliphatic carbocycles. The van der Waals surface area contributed by atoms with Crippen molar-refractivity contribution in [3.8, 4) is 6.07 Å². The van der Waals surface area contributed by atoms with Crippen LogP contribution in [0.15, 0.2) is 24.3 Å². The largest absolute Gasteiger partial charge is 0.399 e. The van der Waals surface area contributed by atoms with Crippen LogP contribution in [0.4, 0.5) is 5.69 Å². The van der Waals surface area contributed by atoms with Crippen LogP contribution in [0.3, 0.4) is 0 Å².